The maximum atomic E-state index is 4.99. The quantitative estimate of drug-likeness (QED) is 0.413. The second kappa shape index (κ2) is 6.88. The standard InChI is InChI=1S/C5H13NO2/c1-3-8-5-4-6-7-2/h6H,3-5H2,1-2H3. The zero-order valence-corrected chi connectivity index (χ0v) is 5.44. The van der Waals surface area contributed by atoms with Gasteiger partial charge < -0.3 is 9.57 Å². The fraction of sp³-hybridized carbons (Fsp3) is 1.00. The van der Waals surface area contributed by atoms with E-state index in [-0.39, 0.29) is 0 Å². The minimum atomic E-state index is 0.713. The second-order valence-electron chi connectivity index (χ2n) is 1.30. The Bertz CT molecular complexity index is 35.4. The predicted octanol–water partition coefficient (Wildman–Crippen LogP) is 0.174. The van der Waals surface area contributed by atoms with Gasteiger partial charge in [0.25, 0.3) is 0 Å². The lowest BCUT2D eigenvalue weighted by Gasteiger charge is -1.99. The van der Waals surface area contributed by atoms with Crippen LogP contribution >= 0.6 is 0 Å². The van der Waals surface area contributed by atoms with Crippen molar-refractivity contribution in [2.24, 2.45) is 0 Å². The molecule has 0 heterocycles. The van der Waals surface area contributed by atoms with Crippen molar-refractivity contribution in [3.63, 3.8) is 0 Å². The van der Waals surface area contributed by atoms with Crippen molar-refractivity contribution in [2.45, 2.75) is 6.92 Å². The van der Waals surface area contributed by atoms with Crippen LogP contribution in [0, 0.1) is 0 Å². The molecule has 0 aromatic carbocycles. The van der Waals surface area contributed by atoms with Gasteiger partial charge in [-0.05, 0) is 6.92 Å². The lowest BCUT2D eigenvalue weighted by molar-refractivity contribution is 0.0587. The number of hydrogen-bond donors (Lipinski definition) is 1. The minimum Gasteiger partial charge on any atom is -0.380 e. The van der Waals surface area contributed by atoms with E-state index in [1.165, 1.54) is 0 Å². The zero-order valence-electron chi connectivity index (χ0n) is 5.44. The molecule has 0 aromatic heterocycles. The Kier molecular flexibility index (Phi) is 6.78. The number of hydroxylamine groups is 1. The van der Waals surface area contributed by atoms with Crippen LogP contribution in [0.15, 0.2) is 0 Å². The van der Waals surface area contributed by atoms with Crippen LogP contribution in [0.4, 0.5) is 0 Å². The third kappa shape index (κ3) is 5.88. The van der Waals surface area contributed by atoms with Crippen LogP contribution < -0.4 is 5.48 Å². The summed E-state index contributed by atoms with van der Waals surface area (Å²) in [6.07, 6.45) is 0. The molecule has 50 valence electrons. The Hall–Kier alpha value is -0.120. The van der Waals surface area contributed by atoms with Gasteiger partial charge in [0, 0.05) is 13.2 Å². The van der Waals surface area contributed by atoms with Gasteiger partial charge in [-0.3, -0.25) is 0 Å². The molecule has 0 spiro atoms. The lowest BCUT2D eigenvalue weighted by atomic mass is 10.7. The molecular formula is C5H13NO2. The first-order valence-electron chi connectivity index (χ1n) is 2.75. The Labute approximate surface area is 49.9 Å². The molecule has 3 heteroatoms. The molecule has 0 aliphatic carbocycles. The average molecular weight is 119 g/mol. The number of hydrogen-bond acceptors (Lipinski definition) is 3. The summed E-state index contributed by atoms with van der Waals surface area (Å²) in [5.41, 5.74) is 2.66. The molecular weight excluding hydrogens is 106 g/mol. The molecule has 1 N–H and O–H groups in total. The summed E-state index contributed by atoms with van der Waals surface area (Å²) in [6, 6.07) is 0. The molecule has 0 aliphatic rings. The van der Waals surface area contributed by atoms with Crippen LogP contribution in [-0.2, 0) is 9.57 Å². The largest absolute Gasteiger partial charge is 0.380 e. The van der Waals surface area contributed by atoms with Crippen molar-refractivity contribution in [2.75, 3.05) is 26.9 Å². The van der Waals surface area contributed by atoms with E-state index < -0.39 is 0 Å². The molecule has 0 saturated heterocycles. The van der Waals surface area contributed by atoms with Crippen molar-refractivity contribution < 1.29 is 9.57 Å². The van der Waals surface area contributed by atoms with Gasteiger partial charge in [0.15, 0.2) is 0 Å². The van der Waals surface area contributed by atoms with Gasteiger partial charge >= 0.3 is 0 Å². The zero-order chi connectivity index (χ0) is 6.24. The van der Waals surface area contributed by atoms with E-state index in [1.54, 1.807) is 7.11 Å². The molecule has 0 amide bonds. The molecule has 0 unspecified atom stereocenters. The van der Waals surface area contributed by atoms with Crippen LogP contribution in [0.3, 0.4) is 0 Å². The Morgan fingerprint density at radius 3 is 2.75 bits per heavy atom. The molecule has 3 nitrogen and oxygen atoms in total. The van der Waals surface area contributed by atoms with E-state index in [0.717, 1.165) is 13.2 Å². The summed E-state index contributed by atoms with van der Waals surface area (Å²) in [4.78, 5) is 4.56. The van der Waals surface area contributed by atoms with Gasteiger partial charge in [0.1, 0.15) is 0 Å². The highest BCUT2D eigenvalue weighted by Crippen LogP contribution is 1.68. The Morgan fingerprint density at radius 2 is 2.25 bits per heavy atom. The van der Waals surface area contributed by atoms with Gasteiger partial charge in [-0.1, -0.05) is 0 Å². The topological polar surface area (TPSA) is 30.5 Å². The van der Waals surface area contributed by atoms with E-state index in [9.17, 15) is 0 Å². The lowest BCUT2D eigenvalue weighted by Crippen LogP contribution is -2.17. The highest BCUT2D eigenvalue weighted by atomic mass is 16.6. The normalized spacial score (nSPS) is 9.75. The summed E-state index contributed by atoms with van der Waals surface area (Å²) >= 11 is 0. The first-order valence-corrected chi connectivity index (χ1v) is 2.75. The Balaban J connectivity index is 2.53. The van der Waals surface area contributed by atoms with Crippen LogP contribution in [0.2, 0.25) is 0 Å². The van der Waals surface area contributed by atoms with Gasteiger partial charge in [-0.25, -0.2) is 5.48 Å². The van der Waals surface area contributed by atoms with E-state index in [1.807, 2.05) is 6.92 Å². The van der Waals surface area contributed by atoms with Crippen molar-refractivity contribution in [3.8, 4) is 0 Å². The third-order valence-electron chi connectivity index (χ3n) is 0.697. The Morgan fingerprint density at radius 1 is 1.50 bits per heavy atom. The first kappa shape index (κ1) is 7.88. The summed E-state index contributed by atoms with van der Waals surface area (Å²) in [6.45, 7) is 4.20. The van der Waals surface area contributed by atoms with E-state index >= 15 is 0 Å². The maximum absolute atomic E-state index is 4.99. The SMILES string of the molecule is CCOCCNOC. The van der Waals surface area contributed by atoms with Crippen LogP contribution in [0.5, 0.6) is 0 Å². The third-order valence-corrected chi connectivity index (χ3v) is 0.697. The molecule has 0 radical (unpaired) electrons. The summed E-state index contributed by atoms with van der Waals surface area (Å²) in [7, 11) is 1.59. The van der Waals surface area contributed by atoms with E-state index in [2.05, 4.69) is 10.3 Å². The predicted molar refractivity (Wildman–Crippen MR) is 31.5 cm³/mol. The van der Waals surface area contributed by atoms with Crippen LogP contribution in [-0.4, -0.2) is 26.9 Å². The summed E-state index contributed by atoms with van der Waals surface area (Å²) in [5, 5.41) is 0. The fourth-order valence-electron chi connectivity index (χ4n) is 0.360. The smallest absolute Gasteiger partial charge is 0.0614 e. The monoisotopic (exact) mass is 119 g/mol. The van der Waals surface area contributed by atoms with Gasteiger partial charge in [-0.15, -0.1) is 0 Å². The number of rotatable bonds is 5. The number of nitrogens with one attached hydrogen (secondary N) is 1. The van der Waals surface area contributed by atoms with Crippen molar-refractivity contribution >= 4 is 0 Å². The highest BCUT2D eigenvalue weighted by molar-refractivity contribution is 4.28. The van der Waals surface area contributed by atoms with E-state index in [4.69, 9.17) is 4.74 Å². The fourth-order valence-corrected chi connectivity index (χ4v) is 0.360. The van der Waals surface area contributed by atoms with Crippen molar-refractivity contribution in [1.82, 2.24) is 5.48 Å². The van der Waals surface area contributed by atoms with Crippen molar-refractivity contribution in [3.05, 3.63) is 0 Å². The van der Waals surface area contributed by atoms with Crippen LogP contribution in [0.1, 0.15) is 6.92 Å². The molecule has 0 saturated carbocycles. The molecule has 0 atom stereocenters. The molecule has 0 bridgehead atoms. The molecule has 0 fully saturated rings. The minimum absolute atomic E-state index is 0.713. The first-order chi connectivity index (χ1) is 3.91. The summed E-state index contributed by atoms with van der Waals surface area (Å²) < 4.78 is 4.99. The van der Waals surface area contributed by atoms with Gasteiger partial charge in [0.2, 0.25) is 0 Å². The molecule has 8 heavy (non-hydrogen) atoms. The van der Waals surface area contributed by atoms with Crippen LogP contribution in [0.25, 0.3) is 0 Å². The van der Waals surface area contributed by atoms with Gasteiger partial charge in [0.05, 0.1) is 13.7 Å². The van der Waals surface area contributed by atoms with Crippen molar-refractivity contribution in [1.29, 1.82) is 0 Å². The second-order valence-corrected chi connectivity index (χ2v) is 1.30. The highest BCUT2D eigenvalue weighted by Gasteiger charge is 1.80. The molecule has 0 aliphatic heterocycles. The molecule has 0 aromatic rings. The molecule has 0 rings (SSSR count). The number of ether oxygens (including phenoxy) is 1. The maximum Gasteiger partial charge on any atom is 0.0614 e. The summed E-state index contributed by atoms with van der Waals surface area (Å²) in [5.74, 6) is 0. The van der Waals surface area contributed by atoms with E-state index in [0.29, 0.717) is 6.61 Å². The van der Waals surface area contributed by atoms with Gasteiger partial charge in [-0.2, -0.15) is 0 Å². The average Bonchev–Trinajstić information content (AvgIpc) is 1.81.